The predicted octanol–water partition coefficient (Wildman–Crippen LogP) is 2.77. The fourth-order valence-electron chi connectivity index (χ4n) is 1.90. The van der Waals surface area contributed by atoms with Crippen LogP contribution in [0.3, 0.4) is 0 Å². The standard InChI is InChI=1S/C16H19NO2/c1-4-7-12-13(8-5-2)15(18)10-9-14(12)16(19)17-11-6-3/h4-6,9-10,18H,1-3,7-8,11H2,(H,17,19). The van der Waals surface area contributed by atoms with Crippen LogP contribution in [0.5, 0.6) is 5.75 Å². The molecule has 0 aliphatic rings. The fourth-order valence-corrected chi connectivity index (χ4v) is 1.90. The van der Waals surface area contributed by atoms with E-state index in [1.165, 1.54) is 6.07 Å². The maximum Gasteiger partial charge on any atom is 0.251 e. The second kappa shape index (κ2) is 7.21. The van der Waals surface area contributed by atoms with E-state index in [0.29, 0.717) is 24.9 Å². The first-order chi connectivity index (χ1) is 9.15. The van der Waals surface area contributed by atoms with E-state index < -0.39 is 0 Å². The van der Waals surface area contributed by atoms with Gasteiger partial charge in [0.2, 0.25) is 0 Å². The minimum Gasteiger partial charge on any atom is -0.508 e. The summed E-state index contributed by atoms with van der Waals surface area (Å²) in [6, 6.07) is 3.16. The third-order valence-electron chi connectivity index (χ3n) is 2.75. The van der Waals surface area contributed by atoms with Crippen molar-refractivity contribution < 1.29 is 9.90 Å². The normalized spacial score (nSPS) is 9.68. The maximum absolute atomic E-state index is 12.1. The van der Waals surface area contributed by atoms with Crippen molar-refractivity contribution in [3.05, 3.63) is 66.8 Å². The molecule has 0 saturated carbocycles. The summed E-state index contributed by atoms with van der Waals surface area (Å²) in [4.78, 5) is 12.1. The molecule has 0 unspecified atom stereocenters. The molecule has 3 nitrogen and oxygen atoms in total. The SMILES string of the molecule is C=CCNC(=O)c1ccc(O)c(CC=C)c1CC=C. The van der Waals surface area contributed by atoms with Crippen molar-refractivity contribution in [2.45, 2.75) is 12.8 Å². The van der Waals surface area contributed by atoms with E-state index in [2.05, 4.69) is 25.1 Å². The Morgan fingerprint density at radius 2 is 1.74 bits per heavy atom. The van der Waals surface area contributed by atoms with Crippen LogP contribution >= 0.6 is 0 Å². The Labute approximate surface area is 114 Å². The molecule has 0 atom stereocenters. The van der Waals surface area contributed by atoms with E-state index in [1.54, 1.807) is 24.3 Å². The largest absolute Gasteiger partial charge is 0.508 e. The Morgan fingerprint density at radius 3 is 2.32 bits per heavy atom. The Bertz CT molecular complexity index is 504. The molecule has 0 spiro atoms. The van der Waals surface area contributed by atoms with Crippen LogP contribution in [-0.4, -0.2) is 17.6 Å². The van der Waals surface area contributed by atoms with Crippen LogP contribution in [0.15, 0.2) is 50.1 Å². The molecule has 0 bridgehead atoms. The van der Waals surface area contributed by atoms with Gasteiger partial charge in [-0.25, -0.2) is 0 Å². The van der Waals surface area contributed by atoms with Crippen LogP contribution in [0.25, 0.3) is 0 Å². The zero-order valence-electron chi connectivity index (χ0n) is 11.0. The topological polar surface area (TPSA) is 49.3 Å². The molecular formula is C16H19NO2. The van der Waals surface area contributed by atoms with Crippen LogP contribution < -0.4 is 5.32 Å². The lowest BCUT2D eigenvalue weighted by Gasteiger charge is -2.14. The number of aromatic hydroxyl groups is 1. The van der Waals surface area contributed by atoms with Crippen LogP contribution in [0.2, 0.25) is 0 Å². The highest BCUT2D eigenvalue weighted by atomic mass is 16.3. The summed E-state index contributed by atoms with van der Waals surface area (Å²) in [5.41, 5.74) is 2.06. The van der Waals surface area contributed by atoms with Crippen molar-refractivity contribution >= 4 is 5.91 Å². The minimum absolute atomic E-state index is 0.178. The number of phenols is 1. The highest BCUT2D eigenvalue weighted by molar-refractivity contribution is 5.96. The first-order valence-electron chi connectivity index (χ1n) is 6.10. The molecular weight excluding hydrogens is 238 g/mol. The number of hydrogen-bond acceptors (Lipinski definition) is 2. The van der Waals surface area contributed by atoms with E-state index in [4.69, 9.17) is 0 Å². The molecule has 0 aliphatic heterocycles. The van der Waals surface area contributed by atoms with Crippen LogP contribution in [0, 0.1) is 0 Å². The van der Waals surface area contributed by atoms with Gasteiger partial charge in [0.05, 0.1) is 0 Å². The van der Waals surface area contributed by atoms with E-state index in [9.17, 15) is 9.90 Å². The Hall–Kier alpha value is -2.29. The summed E-state index contributed by atoms with van der Waals surface area (Å²) in [5, 5.41) is 12.6. The number of hydrogen-bond donors (Lipinski definition) is 2. The summed E-state index contributed by atoms with van der Waals surface area (Å²) in [5.74, 6) is -0.000849. The smallest absolute Gasteiger partial charge is 0.251 e. The first kappa shape index (κ1) is 14.8. The van der Waals surface area contributed by atoms with Gasteiger partial charge in [0.1, 0.15) is 5.75 Å². The van der Waals surface area contributed by atoms with Crippen LogP contribution in [0.1, 0.15) is 21.5 Å². The third-order valence-corrected chi connectivity index (χ3v) is 2.75. The van der Waals surface area contributed by atoms with Gasteiger partial charge in [-0.2, -0.15) is 0 Å². The molecule has 1 aromatic carbocycles. The number of benzene rings is 1. The van der Waals surface area contributed by atoms with E-state index in [-0.39, 0.29) is 11.7 Å². The molecule has 19 heavy (non-hydrogen) atoms. The molecule has 1 aromatic rings. The second-order valence-corrected chi connectivity index (χ2v) is 4.07. The quantitative estimate of drug-likeness (QED) is 0.738. The number of amides is 1. The van der Waals surface area contributed by atoms with Gasteiger partial charge in [-0.15, -0.1) is 19.7 Å². The number of phenolic OH excluding ortho intramolecular Hbond substituents is 1. The lowest BCUT2D eigenvalue weighted by molar-refractivity contribution is 0.0957. The van der Waals surface area contributed by atoms with Gasteiger partial charge in [0.15, 0.2) is 0 Å². The number of carbonyl (C=O) groups excluding carboxylic acids is 1. The van der Waals surface area contributed by atoms with Crippen molar-refractivity contribution in [1.82, 2.24) is 5.32 Å². The summed E-state index contributed by atoms with van der Waals surface area (Å²) in [7, 11) is 0. The minimum atomic E-state index is -0.179. The van der Waals surface area contributed by atoms with Crippen molar-refractivity contribution in [1.29, 1.82) is 0 Å². The van der Waals surface area contributed by atoms with Gasteiger partial charge in [0, 0.05) is 17.7 Å². The Kier molecular flexibility index (Phi) is 5.61. The highest BCUT2D eigenvalue weighted by Crippen LogP contribution is 2.26. The van der Waals surface area contributed by atoms with Gasteiger partial charge >= 0.3 is 0 Å². The molecule has 0 saturated heterocycles. The molecule has 0 aromatic heterocycles. The van der Waals surface area contributed by atoms with Gasteiger partial charge < -0.3 is 10.4 Å². The molecule has 2 N–H and O–H groups in total. The van der Waals surface area contributed by atoms with Gasteiger partial charge in [-0.1, -0.05) is 18.2 Å². The lowest BCUT2D eigenvalue weighted by Crippen LogP contribution is -2.24. The molecule has 0 aliphatic carbocycles. The summed E-state index contributed by atoms with van der Waals surface area (Å²) in [6.45, 7) is 11.3. The number of nitrogens with one attached hydrogen (secondary N) is 1. The van der Waals surface area contributed by atoms with Crippen molar-refractivity contribution in [3.8, 4) is 5.75 Å². The van der Waals surface area contributed by atoms with E-state index in [1.807, 2.05) is 0 Å². The van der Waals surface area contributed by atoms with Gasteiger partial charge in [-0.3, -0.25) is 4.79 Å². The van der Waals surface area contributed by atoms with Crippen molar-refractivity contribution in [3.63, 3.8) is 0 Å². The lowest BCUT2D eigenvalue weighted by atomic mass is 9.94. The molecule has 3 heteroatoms. The second-order valence-electron chi connectivity index (χ2n) is 4.07. The maximum atomic E-state index is 12.1. The van der Waals surface area contributed by atoms with Crippen LogP contribution in [0.4, 0.5) is 0 Å². The molecule has 1 amide bonds. The Balaban J connectivity index is 3.25. The molecule has 100 valence electrons. The summed E-state index contributed by atoms with van der Waals surface area (Å²) >= 11 is 0. The summed E-state index contributed by atoms with van der Waals surface area (Å²) in [6.07, 6.45) is 6.07. The van der Waals surface area contributed by atoms with Gasteiger partial charge in [-0.05, 0) is 30.5 Å². The molecule has 0 radical (unpaired) electrons. The summed E-state index contributed by atoms with van der Waals surface area (Å²) < 4.78 is 0. The predicted molar refractivity (Wildman–Crippen MR) is 78.4 cm³/mol. The molecule has 0 heterocycles. The van der Waals surface area contributed by atoms with E-state index in [0.717, 1.165) is 11.1 Å². The monoisotopic (exact) mass is 257 g/mol. The average molecular weight is 257 g/mol. The number of allylic oxidation sites excluding steroid dienone is 2. The fraction of sp³-hybridized carbons (Fsp3) is 0.188. The molecule has 1 rings (SSSR count). The zero-order valence-corrected chi connectivity index (χ0v) is 11.0. The van der Waals surface area contributed by atoms with Gasteiger partial charge in [0.25, 0.3) is 5.91 Å². The van der Waals surface area contributed by atoms with E-state index >= 15 is 0 Å². The van der Waals surface area contributed by atoms with Crippen LogP contribution in [-0.2, 0) is 12.8 Å². The first-order valence-corrected chi connectivity index (χ1v) is 6.10. The number of rotatable bonds is 7. The van der Waals surface area contributed by atoms with Crippen molar-refractivity contribution in [2.75, 3.05) is 6.54 Å². The average Bonchev–Trinajstić information content (AvgIpc) is 2.40. The molecule has 0 fully saturated rings. The highest BCUT2D eigenvalue weighted by Gasteiger charge is 2.15. The number of carbonyl (C=O) groups is 1. The zero-order chi connectivity index (χ0) is 14.3. The Morgan fingerprint density at radius 1 is 1.11 bits per heavy atom. The third kappa shape index (κ3) is 3.58. The van der Waals surface area contributed by atoms with Crippen molar-refractivity contribution in [2.24, 2.45) is 0 Å².